The minimum Gasteiger partial charge on any atom is -0.497 e. The zero-order chi connectivity index (χ0) is 20.9. The molecule has 0 saturated carbocycles. The van der Waals surface area contributed by atoms with Gasteiger partial charge in [-0.15, -0.1) is 0 Å². The summed E-state index contributed by atoms with van der Waals surface area (Å²) in [5.41, 5.74) is 3.25. The largest absolute Gasteiger partial charge is 0.497 e. The fourth-order valence-electron chi connectivity index (χ4n) is 4.75. The lowest BCUT2D eigenvalue weighted by Crippen LogP contribution is -3.11. The van der Waals surface area contributed by atoms with Crippen molar-refractivity contribution in [1.29, 1.82) is 0 Å². The molecule has 0 bridgehead atoms. The third kappa shape index (κ3) is 4.54. The molecule has 2 fully saturated rings. The number of quaternary nitrogens is 1. The van der Waals surface area contributed by atoms with Gasteiger partial charge in [0.2, 0.25) is 0 Å². The van der Waals surface area contributed by atoms with Crippen molar-refractivity contribution in [2.24, 2.45) is 0 Å². The Morgan fingerprint density at radius 1 is 1.07 bits per heavy atom. The van der Waals surface area contributed by atoms with Gasteiger partial charge in [0.1, 0.15) is 17.5 Å². The van der Waals surface area contributed by atoms with Crippen LogP contribution in [0.15, 0.2) is 42.5 Å². The summed E-state index contributed by atoms with van der Waals surface area (Å²) in [6.45, 7) is 3.69. The summed E-state index contributed by atoms with van der Waals surface area (Å²) in [5, 5.41) is 3.08. The molecule has 2 saturated heterocycles. The van der Waals surface area contributed by atoms with Gasteiger partial charge in [-0.3, -0.25) is 4.79 Å². The zero-order valence-corrected chi connectivity index (χ0v) is 17.9. The number of rotatable bonds is 7. The first-order valence-electron chi connectivity index (χ1n) is 10.9. The highest BCUT2D eigenvalue weighted by Gasteiger charge is 2.33. The molecule has 2 aromatic rings. The van der Waals surface area contributed by atoms with Crippen LogP contribution in [0.5, 0.6) is 11.5 Å². The maximum Gasteiger partial charge on any atom is 0.279 e. The first kappa shape index (κ1) is 20.5. The standard InChI is InChI=1S/C24H31N3O3/c1-29-20-11-12-21(23(16-20)30-2)22-6-5-15-27(22)17-24(28)25-18-7-9-19(10-8-18)26-13-3-4-14-26/h7-12,16,22H,3-6,13-15,17H2,1-2H3,(H,25,28)/p+1/t22-/m1/s1. The Morgan fingerprint density at radius 2 is 1.83 bits per heavy atom. The van der Waals surface area contributed by atoms with Crippen LogP contribution in [-0.2, 0) is 4.79 Å². The molecule has 4 rings (SSSR count). The molecule has 2 heterocycles. The number of carbonyl (C=O) groups is 1. The number of hydrogen-bond acceptors (Lipinski definition) is 4. The second-order valence-electron chi connectivity index (χ2n) is 8.18. The van der Waals surface area contributed by atoms with Crippen LogP contribution in [0, 0.1) is 0 Å². The number of ether oxygens (including phenoxy) is 2. The van der Waals surface area contributed by atoms with Gasteiger partial charge in [0.15, 0.2) is 6.54 Å². The number of nitrogens with zero attached hydrogens (tertiary/aromatic N) is 1. The van der Waals surface area contributed by atoms with E-state index in [9.17, 15) is 4.79 Å². The molecule has 30 heavy (non-hydrogen) atoms. The van der Waals surface area contributed by atoms with E-state index in [0.29, 0.717) is 6.54 Å². The summed E-state index contributed by atoms with van der Waals surface area (Å²) >= 11 is 0. The topological polar surface area (TPSA) is 55.2 Å². The average Bonchev–Trinajstić information content (AvgIpc) is 3.46. The van der Waals surface area contributed by atoms with E-state index in [4.69, 9.17) is 9.47 Å². The summed E-state index contributed by atoms with van der Waals surface area (Å²) in [4.78, 5) is 16.4. The Balaban J connectivity index is 1.39. The lowest BCUT2D eigenvalue weighted by atomic mass is 10.0. The molecular formula is C24H32N3O3+. The van der Waals surface area contributed by atoms with Crippen LogP contribution >= 0.6 is 0 Å². The van der Waals surface area contributed by atoms with E-state index in [1.165, 1.54) is 23.4 Å². The number of likely N-dealkylation sites (tertiary alicyclic amines) is 1. The van der Waals surface area contributed by atoms with E-state index < -0.39 is 0 Å². The molecule has 2 aliphatic rings. The number of hydrogen-bond donors (Lipinski definition) is 2. The lowest BCUT2D eigenvalue weighted by Gasteiger charge is -2.23. The van der Waals surface area contributed by atoms with Crippen molar-refractivity contribution >= 4 is 17.3 Å². The Bertz CT molecular complexity index is 862. The molecule has 6 nitrogen and oxygen atoms in total. The van der Waals surface area contributed by atoms with Crippen molar-refractivity contribution in [1.82, 2.24) is 0 Å². The van der Waals surface area contributed by atoms with Gasteiger partial charge in [0.25, 0.3) is 5.91 Å². The Hall–Kier alpha value is -2.73. The van der Waals surface area contributed by atoms with E-state index in [0.717, 1.165) is 55.2 Å². The van der Waals surface area contributed by atoms with Crippen LogP contribution in [0.25, 0.3) is 0 Å². The molecule has 1 amide bonds. The van der Waals surface area contributed by atoms with Gasteiger partial charge in [-0.05, 0) is 49.2 Å². The summed E-state index contributed by atoms with van der Waals surface area (Å²) in [7, 11) is 3.34. The molecule has 2 atom stereocenters. The predicted molar refractivity (Wildman–Crippen MR) is 119 cm³/mol. The van der Waals surface area contributed by atoms with Gasteiger partial charge in [0, 0.05) is 43.4 Å². The number of benzene rings is 2. The fraction of sp³-hybridized carbons (Fsp3) is 0.458. The van der Waals surface area contributed by atoms with Crippen molar-refractivity contribution in [3.63, 3.8) is 0 Å². The molecule has 2 aliphatic heterocycles. The first-order chi connectivity index (χ1) is 14.7. The second-order valence-corrected chi connectivity index (χ2v) is 8.18. The summed E-state index contributed by atoms with van der Waals surface area (Å²) in [6, 6.07) is 14.5. The quantitative estimate of drug-likeness (QED) is 0.737. The molecule has 2 aromatic carbocycles. The third-order valence-corrected chi connectivity index (χ3v) is 6.31. The van der Waals surface area contributed by atoms with Gasteiger partial charge in [-0.2, -0.15) is 0 Å². The molecule has 0 aliphatic carbocycles. The average molecular weight is 411 g/mol. The molecule has 6 heteroatoms. The van der Waals surface area contributed by atoms with Crippen LogP contribution in [0.3, 0.4) is 0 Å². The van der Waals surface area contributed by atoms with Gasteiger partial charge in [-0.25, -0.2) is 0 Å². The summed E-state index contributed by atoms with van der Waals surface area (Å²) < 4.78 is 10.9. The van der Waals surface area contributed by atoms with Gasteiger partial charge >= 0.3 is 0 Å². The van der Waals surface area contributed by atoms with E-state index in [-0.39, 0.29) is 11.9 Å². The van der Waals surface area contributed by atoms with Crippen molar-refractivity contribution in [3.05, 3.63) is 48.0 Å². The number of carbonyl (C=O) groups excluding carboxylic acids is 1. The molecule has 0 spiro atoms. The van der Waals surface area contributed by atoms with Crippen LogP contribution in [-0.4, -0.2) is 46.3 Å². The van der Waals surface area contributed by atoms with Gasteiger partial charge in [-0.1, -0.05) is 0 Å². The molecule has 0 radical (unpaired) electrons. The van der Waals surface area contributed by atoms with Crippen LogP contribution in [0.2, 0.25) is 0 Å². The number of nitrogens with one attached hydrogen (secondary N) is 2. The van der Waals surface area contributed by atoms with Crippen molar-refractivity contribution in [3.8, 4) is 11.5 Å². The number of anilines is 2. The Labute approximate surface area is 178 Å². The van der Waals surface area contributed by atoms with Crippen molar-refractivity contribution in [2.45, 2.75) is 31.7 Å². The molecular weight excluding hydrogens is 378 g/mol. The zero-order valence-electron chi connectivity index (χ0n) is 17.9. The van der Waals surface area contributed by atoms with E-state index in [1.807, 2.05) is 24.3 Å². The maximum atomic E-state index is 12.7. The predicted octanol–water partition coefficient (Wildman–Crippen LogP) is 2.66. The number of amides is 1. The third-order valence-electron chi connectivity index (χ3n) is 6.31. The summed E-state index contributed by atoms with van der Waals surface area (Å²) in [5.74, 6) is 1.67. The molecule has 1 unspecified atom stereocenters. The van der Waals surface area contributed by atoms with Crippen LogP contribution in [0.4, 0.5) is 11.4 Å². The highest BCUT2D eigenvalue weighted by atomic mass is 16.5. The molecule has 0 aromatic heterocycles. The van der Waals surface area contributed by atoms with Gasteiger partial charge < -0.3 is 24.6 Å². The summed E-state index contributed by atoms with van der Waals surface area (Å²) in [6.07, 6.45) is 4.68. The Kier molecular flexibility index (Phi) is 6.43. The smallest absolute Gasteiger partial charge is 0.279 e. The van der Waals surface area contributed by atoms with Gasteiger partial charge in [0.05, 0.1) is 26.3 Å². The normalized spacial score (nSPS) is 20.9. The van der Waals surface area contributed by atoms with Crippen LogP contribution in [0.1, 0.15) is 37.3 Å². The monoisotopic (exact) mass is 410 g/mol. The van der Waals surface area contributed by atoms with E-state index in [1.54, 1.807) is 14.2 Å². The maximum absolute atomic E-state index is 12.7. The Morgan fingerprint density at radius 3 is 2.53 bits per heavy atom. The number of methoxy groups -OCH3 is 2. The van der Waals surface area contributed by atoms with Crippen LogP contribution < -0.4 is 24.6 Å². The highest BCUT2D eigenvalue weighted by Crippen LogP contribution is 2.31. The first-order valence-corrected chi connectivity index (χ1v) is 10.9. The lowest BCUT2D eigenvalue weighted by molar-refractivity contribution is -0.910. The minimum atomic E-state index is 0.0540. The van der Waals surface area contributed by atoms with Crippen molar-refractivity contribution < 1.29 is 19.2 Å². The van der Waals surface area contributed by atoms with Crippen molar-refractivity contribution in [2.75, 3.05) is 50.6 Å². The SMILES string of the molecule is COc1ccc([C@H]2CCC[NH+]2CC(=O)Nc2ccc(N3CCCC3)cc2)c(OC)c1. The molecule has 160 valence electrons. The van der Waals surface area contributed by atoms with E-state index >= 15 is 0 Å². The molecule has 2 N–H and O–H groups in total. The fourth-order valence-corrected chi connectivity index (χ4v) is 4.75. The highest BCUT2D eigenvalue weighted by molar-refractivity contribution is 5.91. The van der Waals surface area contributed by atoms with E-state index in [2.05, 4.69) is 28.4 Å². The second kappa shape index (κ2) is 9.39. The minimum absolute atomic E-state index is 0.0540.